The lowest BCUT2D eigenvalue weighted by Gasteiger charge is -2.03. The Balaban J connectivity index is 2.01. The van der Waals surface area contributed by atoms with E-state index in [1.165, 1.54) is 5.56 Å². The minimum Gasteiger partial charge on any atom is -0.325 e. The van der Waals surface area contributed by atoms with Gasteiger partial charge in [-0.1, -0.05) is 24.3 Å². The molecule has 0 aliphatic heterocycles. The summed E-state index contributed by atoms with van der Waals surface area (Å²) in [7, 11) is 0. The van der Waals surface area contributed by atoms with E-state index in [-0.39, 0.29) is 0 Å². The number of pyridine rings is 1. The van der Waals surface area contributed by atoms with Crippen LogP contribution in [0.25, 0.3) is 11.0 Å². The summed E-state index contributed by atoms with van der Waals surface area (Å²) in [6.45, 7) is 0.816. The molecule has 0 N–H and O–H groups in total. The quantitative estimate of drug-likeness (QED) is 0.646. The number of aromatic nitrogens is 3. The van der Waals surface area contributed by atoms with Crippen molar-refractivity contribution in [1.29, 1.82) is 0 Å². The average molecular weight is 208 g/mol. The Morgan fingerprint density at radius 1 is 1.19 bits per heavy atom. The number of hydrogen-bond donors (Lipinski definition) is 0. The largest absolute Gasteiger partial charge is 0.325 e. The third-order valence-corrected chi connectivity index (χ3v) is 2.56. The molecule has 0 saturated heterocycles. The zero-order valence-electron chi connectivity index (χ0n) is 8.67. The second-order valence-corrected chi connectivity index (χ2v) is 3.65. The maximum Gasteiger partial charge on any atom is 0.0961 e. The number of benzene rings is 1. The Kier molecular flexibility index (Phi) is 2.14. The van der Waals surface area contributed by atoms with Crippen molar-refractivity contribution in [2.24, 2.45) is 0 Å². The Morgan fingerprint density at radius 3 is 2.94 bits per heavy atom. The van der Waals surface area contributed by atoms with Crippen molar-refractivity contribution in [1.82, 2.24) is 14.5 Å². The summed E-state index contributed by atoms with van der Waals surface area (Å²) >= 11 is 0. The van der Waals surface area contributed by atoms with E-state index >= 15 is 0 Å². The second kappa shape index (κ2) is 3.77. The van der Waals surface area contributed by atoms with Gasteiger partial charge >= 0.3 is 0 Å². The molecular formula is C13H10N3. The fourth-order valence-corrected chi connectivity index (χ4v) is 1.75. The first-order valence-electron chi connectivity index (χ1n) is 5.13. The number of imidazole rings is 1. The van der Waals surface area contributed by atoms with Gasteiger partial charge < -0.3 is 4.57 Å². The summed E-state index contributed by atoms with van der Waals surface area (Å²) in [5.41, 5.74) is 3.29. The van der Waals surface area contributed by atoms with Gasteiger partial charge in [0.15, 0.2) is 0 Å². The van der Waals surface area contributed by atoms with E-state index in [9.17, 15) is 0 Å². The van der Waals surface area contributed by atoms with Gasteiger partial charge in [-0.25, -0.2) is 4.98 Å². The third kappa shape index (κ3) is 1.56. The van der Waals surface area contributed by atoms with Crippen LogP contribution in [-0.2, 0) is 6.54 Å². The van der Waals surface area contributed by atoms with Crippen molar-refractivity contribution in [3.63, 3.8) is 0 Å². The van der Waals surface area contributed by atoms with Crippen molar-refractivity contribution in [2.45, 2.75) is 6.54 Å². The van der Waals surface area contributed by atoms with Crippen LogP contribution in [0.5, 0.6) is 0 Å². The van der Waals surface area contributed by atoms with Crippen LogP contribution in [-0.4, -0.2) is 14.5 Å². The number of rotatable bonds is 2. The highest BCUT2D eigenvalue weighted by atomic mass is 15.0. The lowest BCUT2D eigenvalue weighted by atomic mass is 10.2. The van der Waals surface area contributed by atoms with Crippen LogP contribution in [0.4, 0.5) is 0 Å². The lowest BCUT2D eigenvalue weighted by Crippen LogP contribution is -1.97. The first-order chi connectivity index (χ1) is 7.93. The molecule has 3 aromatic rings. The molecule has 3 nitrogen and oxygen atoms in total. The van der Waals surface area contributed by atoms with Crippen LogP contribution in [0.1, 0.15) is 5.56 Å². The highest BCUT2D eigenvalue weighted by Crippen LogP contribution is 2.12. The molecule has 77 valence electrons. The molecule has 1 radical (unpaired) electrons. The van der Waals surface area contributed by atoms with Gasteiger partial charge in [0.25, 0.3) is 0 Å². The number of hydrogen-bond acceptors (Lipinski definition) is 2. The highest BCUT2D eigenvalue weighted by Gasteiger charge is 2.01. The van der Waals surface area contributed by atoms with E-state index in [2.05, 4.69) is 32.7 Å². The van der Waals surface area contributed by atoms with Gasteiger partial charge in [-0.15, -0.1) is 0 Å². The molecule has 2 aromatic heterocycles. The van der Waals surface area contributed by atoms with Crippen LogP contribution in [0.15, 0.2) is 49.1 Å². The Morgan fingerprint density at radius 2 is 2.06 bits per heavy atom. The summed E-state index contributed by atoms with van der Waals surface area (Å²) in [6, 6.07) is 12.9. The van der Waals surface area contributed by atoms with Crippen LogP contribution in [0, 0.1) is 6.07 Å². The van der Waals surface area contributed by atoms with Crippen LogP contribution < -0.4 is 0 Å². The first kappa shape index (κ1) is 9.09. The van der Waals surface area contributed by atoms with E-state index in [1.54, 1.807) is 6.20 Å². The summed E-state index contributed by atoms with van der Waals surface area (Å²) in [4.78, 5) is 8.45. The fourth-order valence-electron chi connectivity index (χ4n) is 1.75. The molecule has 2 heterocycles. The molecule has 0 fully saturated rings. The van der Waals surface area contributed by atoms with Gasteiger partial charge in [-0.3, -0.25) is 4.98 Å². The van der Waals surface area contributed by atoms with E-state index in [1.807, 2.05) is 30.7 Å². The topological polar surface area (TPSA) is 30.7 Å². The summed E-state index contributed by atoms with van der Waals surface area (Å²) in [6.07, 6.45) is 5.46. The molecule has 3 heteroatoms. The van der Waals surface area contributed by atoms with Gasteiger partial charge in [-0.05, 0) is 17.7 Å². The van der Waals surface area contributed by atoms with E-state index in [4.69, 9.17) is 0 Å². The minimum absolute atomic E-state index is 0.816. The van der Waals surface area contributed by atoms with E-state index in [0.29, 0.717) is 0 Å². The normalized spacial score (nSPS) is 10.8. The molecule has 0 amide bonds. The maximum atomic E-state index is 4.33. The van der Waals surface area contributed by atoms with Crippen molar-refractivity contribution in [2.75, 3.05) is 0 Å². The van der Waals surface area contributed by atoms with Gasteiger partial charge in [-0.2, -0.15) is 0 Å². The first-order valence-corrected chi connectivity index (χ1v) is 5.13. The summed E-state index contributed by atoms with van der Waals surface area (Å²) in [5, 5.41) is 0. The molecule has 0 aliphatic carbocycles. The Bertz CT molecular complexity index is 599. The summed E-state index contributed by atoms with van der Waals surface area (Å²) in [5.74, 6) is 0. The molecule has 0 bridgehead atoms. The zero-order chi connectivity index (χ0) is 10.8. The van der Waals surface area contributed by atoms with Gasteiger partial charge in [0.2, 0.25) is 0 Å². The number of fused-ring (bicyclic) bond motifs is 1. The smallest absolute Gasteiger partial charge is 0.0961 e. The fraction of sp³-hybridized carbons (Fsp3) is 0.0769. The van der Waals surface area contributed by atoms with Crippen LogP contribution >= 0.6 is 0 Å². The van der Waals surface area contributed by atoms with Crippen molar-refractivity contribution in [3.05, 3.63) is 60.7 Å². The molecule has 0 atom stereocenters. The predicted octanol–water partition coefficient (Wildman–Crippen LogP) is 2.28. The monoisotopic (exact) mass is 208 g/mol. The average Bonchev–Trinajstić information content (AvgIpc) is 2.74. The standard InChI is InChI=1S/C13H10N3/c1-2-4-11(5-3-1)9-16-10-15-12-6-7-14-8-13(12)16/h2-8,10H,9H2. The molecule has 3 rings (SSSR count). The molecule has 0 unspecified atom stereocenters. The Labute approximate surface area is 93.4 Å². The molecule has 0 saturated carbocycles. The van der Waals surface area contributed by atoms with Gasteiger partial charge in [0.1, 0.15) is 0 Å². The Hall–Kier alpha value is -2.16. The van der Waals surface area contributed by atoms with E-state index < -0.39 is 0 Å². The third-order valence-electron chi connectivity index (χ3n) is 2.56. The SMILES string of the molecule is [c]1ccc(Cn2cnc3ccncc32)cc1. The molecule has 0 aliphatic rings. The zero-order valence-corrected chi connectivity index (χ0v) is 8.67. The van der Waals surface area contributed by atoms with Crippen molar-refractivity contribution in [3.8, 4) is 0 Å². The molecular weight excluding hydrogens is 198 g/mol. The number of nitrogens with zero attached hydrogens (tertiary/aromatic N) is 3. The summed E-state index contributed by atoms with van der Waals surface area (Å²) < 4.78 is 2.09. The van der Waals surface area contributed by atoms with Crippen molar-refractivity contribution >= 4 is 11.0 Å². The lowest BCUT2D eigenvalue weighted by molar-refractivity contribution is 0.823. The van der Waals surface area contributed by atoms with Crippen LogP contribution in [0.2, 0.25) is 0 Å². The maximum absolute atomic E-state index is 4.33. The highest BCUT2D eigenvalue weighted by molar-refractivity contribution is 5.73. The predicted molar refractivity (Wildman–Crippen MR) is 61.9 cm³/mol. The van der Waals surface area contributed by atoms with Crippen LogP contribution in [0.3, 0.4) is 0 Å². The second-order valence-electron chi connectivity index (χ2n) is 3.65. The molecule has 1 aromatic carbocycles. The minimum atomic E-state index is 0.816. The molecule has 0 spiro atoms. The van der Waals surface area contributed by atoms with E-state index in [0.717, 1.165) is 17.6 Å². The van der Waals surface area contributed by atoms with Crippen molar-refractivity contribution < 1.29 is 0 Å². The molecule has 16 heavy (non-hydrogen) atoms. The van der Waals surface area contributed by atoms with Gasteiger partial charge in [0.05, 0.1) is 23.6 Å². The van der Waals surface area contributed by atoms with Gasteiger partial charge in [0, 0.05) is 12.7 Å².